The van der Waals surface area contributed by atoms with Crippen LogP contribution in [0.2, 0.25) is 0 Å². The summed E-state index contributed by atoms with van der Waals surface area (Å²) in [4.78, 5) is 18.7. The van der Waals surface area contributed by atoms with Gasteiger partial charge in [0.05, 0.1) is 17.9 Å². The van der Waals surface area contributed by atoms with Gasteiger partial charge in [0.1, 0.15) is 10.7 Å². The van der Waals surface area contributed by atoms with Crippen molar-refractivity contribution in [3.8, 4) is 11.5 Å². The molecule has 3 aromatic rings. The van der Waals surface area contributed by atoms with Gasteiger partial charge >= 0.3 is 10.1 Å². The lowest BCUT2D eigenvalue weighted by Crippen LogP contribution is -2.38. The lowest BCUT2D eigenvalue weighted by molar-refractivity contribution is -0.114. The molecular formula is C28H23N3O5S2. The fourth-order valence-electron chi connectivity index (χ4n) is 3.90. The molecule has 2 heterocycles. The molecule has 2 aliphatic heterocycles. The van der Waals surface area contributed by atoms with E-state index >= 15 is 0 Å². The number of carbonyl (C=O) groups is 1. The van der Waals surface area contributed by atoms with Crippen LogP contribution in [0.1, 0.15) is 23.6 Å². The summed E-state index contributed by atoms with van der Waals surface area (Å²) in [6.45, 7) is 3.89. The van der Waals surface area contributed by atoms with Crippen LogP contribution in [0.4, 0.5) is 0 Å². The van der Waals surface area contributed by atoms with E-state index < -0.39 is 16.0 Å². The van der Waals surface area contributed by atoms with Crippen LogP contribution in [-0.2, 0) is 14.9 Å². The molecular weight excluding hydrogens is 522 g/mol. The number of thioether (sulfide) groups is 1. The molecule has 1 N–H and O–H groups in total. The number of benzene rings is 3. The number of aryl methyl sites for hydroxylation is 1. The highest BCUT2D eigenvalue weighted by Gasteiger charge is 2.36. The normalized spacial score (nSPS) is 16.3. The lowest BCUT2D eigenvalue weighted by atomic mass is 10.1. The number of aliphatic imine (C=N–C) groups is 1. The summed E-state index contributed by atoms with van der Waals surface area (Å²) in [7, 11) is -4.09. The van der Waals surface area contributed by atoms with E-state index in [1.165, 1.54) is 36.0 Å². The second kappa shape index (κ2) is 10.3. The zero-order chi connectivity index (χ0) is 26.9. The number of hydrogen-bond acceptors (Lipinski definition) is 7. The van der Waals surface area contributed by atoms with Gasteiger partial charge in [0.15, 0.2) is 16.7 Å². The first-order valence-electron chi connectivity index (χ1n) is 11.7. The first kappa shape index (κ1) is 25.5. The number of fused-ring (bicyclic) bond motifs is 1. The van der Waals surface area contributed by atoms with Gasteiger partial charge in [-0.1, -0.05) is 65.9 Å². The van der Waals surface area contributed by atoms with Crippen molar-refractivity contribution in [3.63, 3.8) is 0 Å². The Labute approximate surface area is 224 Å². The molecule has 3 aromatic carbocycles. The molecule has 1 amide bonds. The van der Waals surface area contributed by atoms with Gasteiger partial charge in [-0.15, -0.1) is 0 Å². The summed E-state index contributed by atoms with van der Waals surface area (Å²) in [5.41, 5.74) is 3.21. The predicted molar refractivity (Wildman–Crippen MR) is 149 cm³/mol. The van der Waals surface area contributed by atoms with E-state index in [0.29, 0.717) is 10.7 Å². The molecule has 0 spiro atoms. The fourth-order valence-corrected chi connectivity index (χ4v) is 5.73. The van der Waals surface area contributed by atoms with Gasteiger partial charge in [-0.05, 0) is 55.3 Å². The lowest BCUT2D eigenvalue weighted by Gasteiger charge is -2.27. The molecule has 8 nitrogen and oxygen atoms in total. The zero-order valence-corrected chi connectivity index (χ0v) is 22.2. The Morgan fingerprint density at radius 2 is 1.76 bits per heavy atom. The summed E-state index contributed by atoms with van der Waals surface area (Å²) in [6, 6.07) is 20.6. The topological polar surface area (TPSA) is 109 Å². The Hall–Kier alpha value is -4.15. The van der Waals surface area contributed by atoms with E-state index in [-0.39, 0.29) is 34.4 Å². The summed E-state index contributed by atoms with van der Waals surface area (Å²) in [5, 5.41) is 11.1. The Balaban J connectivity index is 1.46. The summed E-state index contributed by atoms with van der Waals surface area (Å²) < 4.78 is 36.7. The Kier molecular flexibility index (Phi) is 6.92. The molecule has 2 aliphatic rings. The predicted octanol–water partition coefficient (Wildman–Crippen LogP) is 5.47. The third-order valence-electron chi connectivity index (χ3n) is 5.77. The quantitative estimate of drug-likeness (QED) is 0.310. The molecule has 0 aliphatic carbocycles. The number of hydrogen-bond donors (Lipinski definition) is 1. The average Bonchev–Trinajstić information content (AvgIpc) is 3.33. The van der Waals surface area contributed by atoms with Crippen LogP contribution in [0.3, 0.4) is 0 Å². The van der Waals surface area contributed by atoms with E-state index in [2.05, 4.69) is 4.99 Å². The van der Waals surface area contributed by atoms with Crippen molar-refractivity contribution in [3.05, 3.63) is 100 Å². The number of amidine groups is 2. The summed E-state index contributed by atoms with van der Waals surface area (Å²) in [6.07, 6.45) is 1.54. The maximum Gasteiger partial charge on any atom is 0.339 e. The number of amides is 1. The smallest absolute Gasteiger partial charge is 0.339 e. The number of carbonyl (C=O) groups excluding carboxylic acids is 1. The van der Waals surface area contributed by atoms with Crippen molar-refractivity contribution < 1.29 is 22.1 Å². The van der Waals surface area contributed by atoms with Crippen molar-refractivity contribution >= 4 is 50.6 Å². The first-order valence-corrected chi connectivity index (χ1v) is 14.0. The summed E-state index contributed by atoms with van der Waals surface area (Å²) in [5.74, 6) is -0.319. The SMILES string of the molecule is CCOc1cc(/C=C2/C(=N)N3C(c4ccccc4)=CSC3=NC2=O)ccc1OS(=O)(=O)c1ccc(C)cc1. The highest BCUT2D eigenvalue weighted by molar-refractivity contribution is 8.17. The van der Waals surface area contributed by atoms with Crippen molar-refractivity contribution in [1.82, 2.24) is 4.90 Å². The first-order chi connectivity index (χ1) is 18.3. The largest absolute Gasteiger partial charge is 0.490 e. The molecule has 0 fully saturated rings. The highest BCUT2D eigenvalue weighted by Crippen LogP contribution is 2.38. The Morgan fingerprint density at radius 3 is 2.47 bits per heavy atom. The summed E-state index contributed by atoms with van der Waals surface area (Å²) >= 11 is 1.29. The standard InChI is InChI=1S/C28H23N3O5S2/c1-3-35-25-16-19(11-14-24(25)36-38(33,34)21-12-9-18(2)10-13-21)15-22-26(29)31-23(20-7-5-4-6-8-20)17-37-28(31)30-27(22)32/h4-17,29H,3H2,1-2H3/b22-15-,29-26?. The third-order valence-corrected chi connectivity index (χ3v) is 7.85. The van der Waals surface area contributed by atoms with Gasteiger partial charge in [-0.2, -0.15) is 13.4 Å². The molecule has 0 bridgehead atoms. The van der Waals surface area contributed by atoms with Gasteiger partial charge < -0.3 is 8.92 Å². The monoisotopic (exact) mass is 545 g/mol. The van der Waals surface area contributed by atoms with Crippen molar-refractivity contribution in [1.29, 1.82) is 5.41 Å². The molecule has 10 heteroatoms. The van der Waals surface area contributed by atoms with Gasteiger partial charge in [0, 0.05) is 5.41 Å². The van der Waals surface area contributed by atoms with Crippen LogP contribution in [0, 0.1) is 12.3 Å². The Bertz CT molecular complexity index is 1630. The average molecular weight is 546 g/mol. The second-order valence-corrected chi connectivity index (χ2v) is 10.8. The molecule has 5 rings (SSSR count). The van der Waals surface area contributed by atoms with Gasteiger partial charge in [-0.3, -0.25) is 15.1 Å². The zero-order valence-electron chi connectivity index (χ0n) is 20.5. The van der Waals surface area contributed by atoms with Crippen molar-refractivity contribution in [2.75, 3.05) is 6.61 Å². The van der Waals surface area contributed by atoms with Crippen LogP contribution in [-0.4, -0.2) is 36.8 Å². The van der Waals surface area contributed by atoms with Crippen molar-refractivity contribution in [2.45, 2.75) is 18.7 Å². The van der Waals surface area contributed by atoms with Crippen LogP contribution >= 0.6 is 11.8 Å². The van der Waals surface area contributed by atoms with Crippen LogP contribution < -0.4 is 8.92 Å². The Morgan fingerprint density at radius 1 is 1.03 bits per heavy atom. The van der Waals surface area contributed by atoms with Gasteiger partial charge in [0.2, 0.25) is 0 Å². The second-order valence-electron chi connectivity index (χ2n) is 8.42. The number of rotatable bonds is 7. The minimum Gasteiger partial charge on any atom is -0.490 e. The molecule has 192 valence electrons. The molecule has 0 unspecified atom stereocenters. The maximum absolute atomic E-state index is 12.8. The van der Waals surface area contributed by atoms with E-state index in [9.17, 15) is 13.2 Å². The number of nitrogens with zero attached hydrogens (tertiary/aromatic N) is 2. The molecule has 0 aromatic heterocycles. The molecule has 0 saturated heterocycles. The number of ether oxygens (including phenoxy) is 1. The van der Waals surface area contributed by atoms with Crippen LogP contribution in [0.25, 0.3) is 11.8 Å². The van der Waals surface area contributed by atoms with E-state index in [4.69, 9.17) is 14.3 Å². The van der Waals surface area contributed by atoms with Gasteiger partial charge in [0.25, 0.3) is 5.91 Å². The van der Waals surface area contributed by atoms with Crippen molar-refractivity contribution in [2.24, 2.45) is 4.99 Å². The third kappa shape index (κ3) is 5.00. The molecule has 0 radical (unpaired) electrons. The molecule has 0 atom stereocenters. The van der Waals surface area contributed by atoms with Crippen LogP contribution in [0.15, 0.2) is 93.7 Å². The van der Waals surface area contributed by atoms with E-state index in [0.717, 1.165) is 16.8 Å². The number of nitrogens with one attached hydrogen (secondary N) is 1. The van der Waals surface area contributed by atoms with Gasteiger partial charge in [-0.25, -0.2) is 0 Å². The molecule has 38 heavy (non-hydrogen) atoms. The van der Waals surface area contributed by atoms with Crippen LogP contribution in [0.5, 0.6) is 11.5 Å². The fraction of sp³-hybridized carbons (Fsp3) is 0.107. The minimum absolute atomic E-state index is 0.000313. The van der Waals surface area contributed by atoms with E-state index in [1.807, 2.05) is 42.7 Å². The highest BCUT2D eigenvalue weighted by atomic mass is 32.2. The van der Waals surface area contributed by atoms with E-state index in [1.54, 1.807) is 36.1 Å². The molecule has 0 saturated carbocycles. The minimum atomic E-state index is -4.09. The maximum atomic E-state index is 12.8.